The molecular formula is C14H19N3O3. The minimum Gasteiger partial charge on any atom is -0.477 e. The van der Waals surface area contributed by atoms with Gasteiger partial charge in [-0.25, -0.2) is 9.59 Å². The van der Waals surface area contributed by atoms with Gasteiger partial charge in [-0.3, -0.25) is 5.41 Å². The Morgan fingerprint density at radius 2 is 1.90 bits per heavy atom. The smallest absolute Gasteiger partial charge is 0.349 e. The van der Waals surface area contributed by atoms with Crippen molar-refractivity contribution in [1.82, 2.24) is 10.6 Å². The Labute approximate surface area is 117 Å². The van der Waals surface area contributed by atoms with Crippen LogP contribution in [0.1, 0.15) is 18.9 Å². The maximum atomic E-state index is 11.5. The van der Waals surface area contributed by atoms with Gasteiger partial charge in [-0.15, -0.1) is 0 Å². The first kappa shape index (κ1) is 15.7. The number of rotatable bonds is 7. The molecule has 0 aliphatic carbocycles. The Bertz CT molecular complexity index is 474. The van der Waals surface area contributed by atoms with Crippen molar-refractivity contribution >= 4 is 17.7 Å². The zero-order chi connectivity index (χ0) is 15.0. The van der Waals surface area contributed by atoms with Gasteiger partial charge in [0.2, 0.25) is 0 Å². The summed E-state index contributed by atoms with van der Waals surface area (Å²) in [5.41, 5.74) is 0.660. The molecule has 0 aliphatic rings. The van der Waals surface area contributed by atoms with Crippen LogP contribution < -0.4 is 10.6 Å². The van der Waals surface area contributed by atoms with E-state index >= 15 is 0 Å². The molecule has 2 amide bonds. The molecule has 1 unspecified atom stereocenters. The first-order valence-electron chi connectivity index (χ1n) is 6.35. The van der Waals surface area contributed by atoms with Crippen molar-refractivity contribution in [2.24, 2.45) is 5.92 Å². The number of aliphatic carboxylic acids is 1. The second-order valence-electron chi connectivity index (χ2n) is 4.64. The summed E-state index contributed by atoms with van der Waals surface area (Å²) in [5.74, 6) is -1.31. The normalized spacial score (nSPS) is 11.4. The predicted molar refractivity (Wildman–Crippen MR) is 75.8 cm³/mol. The van der Waals surface area contributed by atoms with E-state index < -0.39 is 5.97 Å². The molecule has 0 aromatic heterocycles. The molecule has 0 fully saturated rings. The van der Waals surface area contributed by atoms with E-state index in [4.69, 9.17) is 10.5 Å². The summed E-state index contributed by atoms with van der Waals surface area (Å²) in [6.45, 7) is 2.55. The molecule has 0 aliphatic heterocycles. The third-order valence-electron chi connectivity index (χ3n) is 2.72. The lowest BCUT2D eigenvalue weighted by molar-refractivity contribution is -0.129. The summed E-state index contributed by atoms with van der Waals surface area (Å²) in [7, 11) is 0. The zero-order valence-corrected chi connectivity index (χ0v) is 11.3. The molecule has 4 N–H and O–H groups in total. The van der Waals surface area contributed by atoms with E-state index in [2.05, 4.69) is 10.6 Å². The average Bonchev–Trinajstić information content (AvgIpc) is 2.43. The second kappa shape index (κ2) is 7.93. The van der Waals surface area contributed by atoms with E-state index in [1.54, 1.807) is 6.92 Å². The first-order chi connectivity index (χ1) is 9.49. The number of carbonyl (C=O) groups excluding carboxylic acids is 1. The summed E-state index contributed by atoms with van der Waals surface area (Å²) in [4.78, 5) is 22.1. The van der Waals surface area contributed by atoms with Gasteiger partial charge in [0.1, 0.15) is 5.71 Å². The number of carboxylic acid groups (broad SMARTS) is 1. The zero-order valence-electron chi connectivity index (χ0n) is 11.3. The van der Waals surface area contributed by atoms with Crippen molar-refractivity contribution in [3.63, 3.8) is 0 Å². The molecule has 108 valence electrons. The van der Waals surface area contributed by atoms with Crippen LogP contribution in [0.5, 0.6) is 0 Å². The molecule has 1 rings (SSSR count). The minimum atomic E-state index is -1.22. The Balaban J connectivity index is 2.23. The number of carboxylic acids is 1. The number of hydrogen-bond donors (Lipinski definition) is 4. The largest absolute Gasteiger partial charge is 0.477 e. The molecule has 0 saturated heterocycles. The minimum absolute atomic E-state index is 0.0962. The van der Waals surface area contributed by atoms with E-state index in [0.717, 1.165) is 5.56 Å². The third-order valence-corrected chi connectivity index (χ3v) is 2.72. The fraction of sp³-hybridized carbons (Fsp3) is 0.357. The van der Waals surface area contributed by atoms with Crippen LogP contribution in [0.3, 0.4) is 0 Å². The van der Waals surface area contributed by atoms with E-state index in [-0.39, 0.29) is 24.1 Å². The van der Waals surface area contributed by atoms with Gasteiger partial charge >= 0.3 is 12.0 Å². The number of benzene rings is 1. The molecule has 20 heavy (non-hydrogen) atoms. The number of carbonyl (C=O) groups is 2. The average molecular weight is 277 g/mol. The van der Waals surface area contributed by atoms with Crippen LogP contribution in [0.2, 0.25) is 0 Å². The van der Waals surface area contributed by atoms with Gasteiger partial charge in [0.05, 0.1) is 0 Å². The van der Waals surface area contributed by atoms with Gasteiger partial charge in [-0.05, 0) is 11.5 Å². The quantitative estimate of drug-likeness (QED) is 0.569. The van der Waals surface area contributed by atoms with Gasteiger partial charge in [0.25, 0.3) is 0 Å². The number of hydrogen-bond acceptors (Lipinski definition) is 3. The van der Waals surface area contributed by atoms with Crippen molar-refractivity contribution in [2.75, 3.05) is 6.54 Å². The topological polar surface area (TPSA) is 102 Å². The maximum Gasteiger partial charge on any atom is 0.349 e. The Morgan fingerprint density at radius 3 is 2.50 bits per heavy atom. The summed E-state index contributed by atoms with van der Waals surface area (Å²) < 4.78 is 0. The molecule has 0 saturated carbocycles. The van der Waals surface area contributed by atoms with Gasteiger partial charge in [-0.1, -0.05) is 37.3 Å². The lowest BCUT2D eigenvalue weighted by Crippen LogP contribution is -2.38. The molecule has 6 nitrogen and oxygen atoms in total. The fourth-order valence-electron chi connectivity index (χ4n) is 1.62. The fourth-order valence-corrected chi connectivity index (χ4v) is 1.62. The first-order valence-corrected chi connectivity index (χ1v) is 6.35. The molecule has 1 atom stereocenters. The molecule has 0 bridgehead atoms. The molecule has 0 heterocycles. The highest BCUT2D eigenvalue weighted by Gasteiger charge is 2.12. The van der Waals surface area contributed by atoms with E-state index in [1.807, 2.05) is 30.3 Å². The van der Waals surface area contributed by atoms with Crippen LogP contribution in [-0.2, 0) is 11.3 Å². The van der Waals surface area contributed by atoms with Gasteiger partial charge in [0.15, 0.2) is 0 Å². The van der Waals surface area contributed by atoms with Gasteiger partial charge < -0.3 is 15.7 Å². The van der Waals surface area contributed by atoms with Crippen molar-refractivity contribution in [3.05, 3.63) is 35.9 Å². The van der Waals surface area contributed by atoms with Crippen LogP contribution in [0, 0.1) is 11.3 Å². The lowest BCUT2D eigenvalue weighted by atomic mass is 10.0. The van der Waals surface area contributed by atoms with Crippen molar-refractivity contribution in [1.29, 1.82) is 5.41 Å². The highest BCUT2D eigenvalue weighted by Crippen LogP contribution is 2.01. The van der Waals surface area contributed by atoms with Crippen LogP contribution in [-0.4, -0.2) is 29.4 Å². The number of urea groups is 1. The Hall–Kier alpha value is -2.37. The van der Waals surface area contributed by atoms with E-state index in [9.17, 15) is 9.59 Å². The monoisotopic (exact) mass is 277 g/mol. The predicted octanol–water partition coefficient (Wildman–Crippen LogP) is 1.62. The van der Waals surface area contributed by atoms with Crippen LogP contribution >= 0.6 is 0 Å². The molecule has 0 radical (unpaired) electrons. The summed E-state index contributed by atoms with van der Waals surface area (Å²) in [6, 6.07) is 9.22. The lowest BCUT2D eigenvalue weighted by Gasteiger charge is -2.12. The van der Waals surface area contributed by atoms with Crippen LogP contribution in [0.25, 0.3) is 0 Å². The van der Waals surface area contributed by atoms with E-state index in [0.29, 0.717) is 13.1 Å². The SMILES string of the molecule is CC(CNC(=O)NCc1ccccc1)CC(=N)C(=O)O. The maximum absolute atomic E-state index is 11.5. The standard InChI is InChI=1S/C14H19N3O3/c1-10(7-12(15)13(18)19)8-16-14(20)17-9-11-5-3-2-4-6-11/h2-6,10,15H,7-9H2,1H3,(H,18,19)(H2,16,17,20). The molecule has 1 aromatic rings. The number of amides is 2. The van der Waals surface area contributed by atoms with Gasteiger partial charge in [0, 0.05) is 19.5 Å². The molecule has 0 spiro atoms. The van der Waals surface area contributed by atoms with Crippen molar-refractivity contribution in [2.45, 2.75) is 19.9 Å². The Kier molecular flexibility index (Phi) is 6.22. The van der Waals surface area contributed by atoms with Gasteiger partial charge in [-0.2, -0.15) is 0 Å². The molecule has 6 heteroatoms. The highest BCUT2D eigenvalue weighted by molar-refractivity contribution is 6.34. The van der Waals surface area contributed by atoms with Crippen molar-refractivity contribution in [3.8, 4) is 0 Å². The van der Waals surface area contributed by atoms with Crippen molar-refractivity contribution < 1.29 is 14.7 Å². The van der Waals surface area contributed by atoms with E-state index in [1.165, 1.54) is 0 Å². The highest BCUT2D eigenvalue weighted by atomic mass is 16.4. The van der Waals surface area contributed by atoms with Crippen LogP contribution in [0.15, 0.2) is 30.3 Å². The second-order valence-corrected chi connectivity index (χ2v) is 4.64. The number of nitrogens with one attached hydrogen (secondary N) is 3. The summed E-state index contributed by atoms with van der Waals surface area (Å²) in [5, 5.41) is 21.2. The Morgan fingerprint density at radius 1 is 1.25 bits per heavy atom. The summed E-state index contributed by atoms with van der Waals surface area (Å²) >= 11 is 0. The third kappa shape index (κ3) is 5.99. The van der Waals surface area contributed by atoms with Crippen LogP contribution in [0.4, 0.5) is 4.79 Å². The molecule has 1 aromatic carbocycles. The molecular weight excluding hydrogens is 258 g/mol. The summed E-state index contributed by atoms with van der Waals surface area (Å²) in [6.07, 6.45) is 0.133.